The van der Waals surface area contributed by atoms with Gasteiger partial charge in [-0.3, -0.25) is 4.79 Å². The van der Waals surface area contributed by atoms with Gasteiger partial charge >= 0.3 is 5.97 Å². The number of hydrogen-bond acceptors (Lipinski definition) is 9. The van der Waals surface area contributed by atoms with Gasteiger partial charge in [0.1, 0.15) is 17.1 Å². The summed E-state index contributed by atoms with van der Waals surface area (Å²) in [7, 11) is 0. The van der Waals surface area contributed by atoms with Gasteiger partial charge in [0.15, 0.2) is 11.7 Å². The van der Waals surface area contributed by atoms with Crippen molar-refractivity contribution >= 4 is 22.4 Å². The van der Waals surface area contributed by atoms with Crippen LogP contribution >= 0.6 is 11.3 Å². The van der Waals surface area contributed by atoms with Crippen molar-refractivity contribution in [2.75, 3.05) is 24.6 Å². The predicted molar refractivity (Wildman–Crippen MR) is 122 cm³/mol. The highest BCUT2D eigenvalue weighted by molar-refractivity contribution is 7.18. The van der Waals surface area contributed by atoms with Crippen LogP contribution in [0.2, 0.25) is 0 Å². The van der Waals surface area contributed by atoms with Gasteiger partial charge in [0.05, 0.1) is 17.7 Å². The van der Waals surface area contributed by atoms with Crippen molar-refractivity contribution in [1.29, 1.82) is 0 Å². The van der Waals surface area contributed by atoms with E-state index in [1.807, 2.05) is 12.1 Å². The standard InChI is InChI=1S/C22H26N6O4S/c1-2-12-31-16-4-3-5-17-15(16)6-7-22(32-17)8-10-27(11-9-22)21-23-13-18(33-21)20-24-26-28(25-20)14-19(29)30/h3-5,13H,2,6-12,14H2,1H3,(H,29,30). The summed E-state index contributed by atoms with van der Waals surface area (Å²) in [6, 6.07) is 6.10. The van der Waals surface area contributed by atoms with Crippen molar-refractivity contribution in [1.82, 2.24) is 25.2 Å². The zero-order chi connectivity index (χ0) is 22.8. The third-order valence-electron chi connectivity index (χ3n) is 6.10. The Morgan fingerprint density at radius 3 is 2.94 bits per heavy atom. The Labute approximate surface area is 195 Å². The number of carbonyl (C=O) groups is 1. The van der Waals surface area contributed by atoms with E-state index in [1.54, 1.807) is 6.20 Å². The SMILES string of the molecule is CCCOc1cccc2c1CCC1(CCN(c3ncc(-c4nnn(CC(=O)O)n4)s3)CC1)O2. The maximum absolute atomic E-state index is 10.8. The Balaban J connectivity index is 1.23. The van der Waals surface area contributed by atoms with E-state index in [-0.39, 0.29) is 12.1 Å². The first-order chi connectivity index (χ1) is 16.0. The zero-order valence-electron chi connectivity index (χ0n) is 18.4. The topological polar surface area (TPSA) is 115 Å². The molecule has 0 radical (unpaired) electrons. The van der Waals surface area contributed by atoms with Gasteiger partial charge in [0, 0.05) is 31.5 Å². The van der Waals surface area contributed by atoms with Gasteiger partial charge in [0.25, 0.3) is 0 Å². The van der Waals surface area contributed by atoms with Crippen molar-refractivity contribution in [2.45, 2.75) is 51.2 Å². The second kappa shape index (κ2) is 8.97. The van der Waals surface area contributed by atoms with E-state index in [4.69, 9.17) is 14.6 Å². The highest BCUT2D eigenvalue weighted by Crippen LogP contribution is 2.43. The van der Waals surface area contributed by atoms with Crippen molar-refractivity contribution in [3.05, 3.63) is 30.0 Å². The normalized spacial score (nSPS) is 16.9. The van der Waals surface area contributed by atoms with Crippen molar-refractivity contribution in [3.63, 3.8) is 0 Å². The Hall–Kier alpha value is -3.21. The van der Waals surface area contributed by atoms with Gasteiger partial charge in [-0.15, -0.1) is 10.2 Å². The number of piperidine rings is 1. The number of ether oxygens (including phenoxy) is 2. The molecular formula is C22H26N6O4S. The molecule has 0 atom stereocenters. The van der Waals surface area contributed by atoms with Crippen LogP contribution in [0, 0.1) is 0 Å². The second-order valence-corrected chi connectivity index (χ2v) is 9.41. The molecule has 1 aromatic carbocycles. The second-order valence-electron chi connectivity index (χ2n) is 8.40. The third kappa shape index (κ3) is 4.50. The summed E-state index contributed by atoms with van der Waals surface area (Å²) >= 11 is 1.49. The summed E-state index contributed by atoms with van der Waals surface area (Å²) in [6.45, 7) is 4.22. The fraction of sp³-hybridized carbons (Fsp3) is 0.500. The van der Waals surface area contributed by atoms with Crippen LogP contribution in [0.15, 0.2) is 24.4 Å². The number of tetrazole rings is 1. The Bertz CT molecular complexity index is 1140. The van der Waals surface area contributed by atoms with E-state index in [9.17, 15) is 4.79 Å². The number of hydrogen-bond donors (Lipinski definition) is 1. The molecule has 0 aliphatic carbocycles. The number of carboxylic acid groups (broad SMARTS) is 1. The van der Waals surface area contributed by atoms with Gasteiger partial charge < -0.3 is 19.5 Å². The first kappa shape index (κ1) is 21.6. The van der Waals surface area contributed by atoms with E-state index in [2.05, 4.69) is 38.3 Å². The molecule has 10 nitrogen and oxygen atoms in total. The molecule has 0 bridgehead atoms. The van der Waals surface area contributed by atoms with Crippen LogP contribution in [-0.4, -0.2) is 61.6 Å². The van der Waals surface area contributed by atoms with Crippen LogP contribution in [-0.2, 0) is 17.8 Å². The van der Waals surface area contributed by atoms with E-state index >= 15 is 0 Å². The minimum absolute atomic E-state index is 0.145. The number of benzene rings is 1. The molecule has 0 saturated carbocycles. The number of anilines is 1. The molecule has 2 aliphatic rings. The minimum Gasteiger partial charge on any atom is -0.493 e. The smallest absolute Gasteiger partial charge is 0.327 e. The van der Waals surface area contributed by atoms with Gasteiger partial charge in [0.2, 0.25) is 5.82 Å². The Morgan fingerprint density at radius 1 is 1.30 bits per heavy atom. The number of carboxylic acids is 1. The molecule has 4 heterocycles. The molecule has 1 N–H and O–H groups in total. The molecule has 11 heteroatoms. The maximum Gasteiger partial charge on any atom is 0.327 e. The lowest BCUT2D eigenvalue weighted by Gasteiger charge is -2.44. The summed E-state index contributed by atoms with van der Waals surface area (Å²) in [5.74, 6) is 1.28. The summed E-state index contributed by atoms with van der Waals surface area (Å²) in [6.07, 6.45) is 6.51. The maximum atomic E-state index is 10.8. The Morgan fingerprint density at radius 2 is 2.15 bits per heavy atom. The van der Waals surface area contributed by atoms with E-state index < -0.39 is 5.97 Å². The highest BCUT2D eigenvalue weighted by Gasteiger charge is 2.40. The fourth-order valence-electron chi connectivity index (χ4n) is 4.37. The minimum atomic E-state index is -1.01. The van der Waals surface area contributed by atoms with Crippen molar-refractivity contribution < 1.29 is 19.4 Å². The average Bonchev–Trinajstić information content (AvgIpc) is 3.47. The van der Waals surface area contributed by atoms with Crippen LogP contribution in [0.3, 0.4) is 0 Å². The first-order valence-electron chi connectivity index (χ1n) is 11.2. The lowest BCUT2D eigenvalue weighted by atomic mass is 9.83. The van der Waals surface area contributed by atoms with Gasteiger partial charge in [-0.05, 0) is 36.6 Å². The van der Waals surface area contributed by atoms with Gasteiger partial charge in [-0.1, -0.05) is 24.3 Å². The molecule has 2 aliphatic heterocycles. The van der Waals surface area contributed by atoms with Crippen LogP contribution in [0.4, 0.5) is 5.13 Å². The molecule has 3 aromatic rings. The molecule has 2 aromatic heterocycles. The number of thiazole rings is 1. The van der Waals surface area contributed by atoms with E-state index in [0.717, 1.165) is 78.1 Å². The average molecular weight is 471 g/mol. The number of fused-ring (bicyclic) bond motifs is 1. The lowest BCUT2D eigenvalue weighted by Crippen LogP contribution is -2.49. The first-order valence-corrected chi connectivity index (χ1v) is 12.0. The van der Waals surface area contributed by atoms with Gasteiger partial charge in [-0.2, -0.15) is 4.80 Å². The van der Waals surface area contributed by atoms with Crippen LogP contribution in [0.25, 0.3) is 10.7 Å². The molecule has 174 valence electrons. The molecule has 1 spiro atoms. The molecule has 33 heavy (non-hydrogen) atoms. The predicted octanol–water partition coefficient (Wildman–Crippen LogP) is 3.03. The molecule has 0 unspecified atom stereocenters. The summed E-state index contributed by atoms with van der Waals surface area (Å²) in [5, 5.41) is 21.6. The summed E-state index contributed by atoms with van der Waals surface area (Å²) < 4.78 is 12.5. The van der Waals surface area contributed by atoms with Crippen LogP contribution in [0.1, 0.15) is 38.2 Å². The van der Waals surface area contributed by atoms with E-state index in [1.165, 1.54) is 16.9 Å². The molecule has 1 fully saturated rings. The lowest BCUT2D eigenvalue weighted by molar-refractivity contribution is -0.138. The molecule has 5 rings (SSSR count). The number of aliphatic carboxylic acids is 1. The van der Waals surface area contributed by atoms with Crippen LogP contribution < -0.4 is 14.4 Å². The Kier molecular flexibility index (Phi) is 5.88. The number of aromatic nitrogens is 5. The fourth-order valence-corrected chi connectivity index (χ4v) is 5.27. The van der Waals surface area contributed by atoms with Crippen LogP contribution in [0.5, 0.6) is 11.5 Å². The third-order valence-corrected chi connectivity index (χ3v) is 7.15. The monoisotopic (exact) mass is 470 g/mol. The molecule has 0 amide bonds. The molecule has 1 saturated heterocycles. The summed E-state index contributed by atoms with van der Waals surface area (Å²) in [4.78, 5) is 19.5. The summed E-state index contributed by atoms with van der Waals surface area (Å²) in [5.41, 5.74) is 1.04. The van der Waals surface area contributed by atoms with Crippen molar-refractivity contribution in [2.24, 2.45) is 0 Å². The number of rotatable bonds is 7. The molecular weight excluding hydrogens is 444 g/mol. The van der Waals surface area contributed by atoms with Crippen molar-refractivity contribution in [3.8, 4) is 22.2 Å². The highest BCUT2D eigenvalue weighted by atomic mass is 32.1. The number of nitrogens with zero attached hydrogens (tertiary/aromatic N) is 6. The quantitative estimate of drug-likeness (QED) is 0.556. The van der Waals surface area contributed by atoms with Gasteiger partial charge in [-0.25, -0.2) is 4.98 Å². The van der Waals surface area contributed by atoms with E-state index in [0.29, 0.717) is 5.82 Å². The largest absolute Gasteiger partial charge is 0.493 e. The zero-order valence-corrected chi connectivity index (χ0v) is 19.3.